The predicted octanol–water partition coefficient (Wildman–Crippen LogP) is 4.70. The zero-order valence-electron chi connectivity index (χ0n) is 11.1. The van der Waals surface area contributed by atoms with E-state index in [9.17, 15) is 0 Å². The van der Waals surface area contributed by atoms with Crippen LogP contribution in [-0.4, -0.2) is 12.1 Å². The topological polar surface area (TPSA) is 12.0 Å². The van der Waals surface area contributed by atoms with Crippen LogP contribution in [0.3, 0.4) is 0 Å². The van der Waals surface area contributed by atoms with Gasteiger partial charge in [-0.1, -0.05) is 43.1 Å². The number of nitrogens with one attached hydrogen (secondary N) is 1. The van der Waals surface area contributed by atoms with Gasteiger partial charge in [0.05, 0.1) is 0 Å². The van der Waals surface area contributed by atoms with Crippen LogP contribution in [0.2, 0.25) is 10.0 Å². The maximum Gasteiger partial charge on any atom is 0.0453 e. The monoisotopic (exact) mass is 285 g/mol. The number of hydrogen-bond acceptors (Lipinski definition) is 1. The highest BCUT2D eigenvalue weighted by Crippen LogP contribution is 2.33. The average molecular weight is 286 g/mol. The number of rotatable bonds is 4. The standard InChI is InChI=1S/C15H21Cl2N/c1-11(2)9-15(6-3-7-18-15)10-12-4-5-13(16)8-14(12)17/h4-5,8,11,18H,3,6-7,9-10H2,1-2H3. The molecule has 1 N–H and O–H groups in total. The smallest absolute Gasteiger partial charge is 0.0453 e. The summed E-state index contributed by atoms with van der Waals surface area (Å²) < 4.78 is 0. The second-order valence-corrected chi connectivity index (χ2v) is 6.66. The summed E-state index contributed by atoms with van der Waals surface area (Å²) in [6.07, 6.45) is 4.70. The first-order valence-corrected chi connectivity index (χ1v) is 7.45. The predicted molar refractivity (Wildman–Crippen MR) is 79.6 cm³/mol. The molecule has 0 aromatic heterocycles. The first-order valence-electron chi connectivity index (χ1n) is 6.70. The number of hydrogen-bond donors (Lipinski definition) is 1. The summed E-state index contributed by atoms with van der Waals surface area (Å²) in [5, 5.41) is 5.20. The van der Waals surface area contributed by atoms with Crippen molar-refractivity contribution < 1.29 is 0 Å². The van der Waals surface area contributed by atoms with Gasteiger partial charge in [0.15, 0.2) is 0 Å². The molecule has 0 saturated carbocycles. The number of benzene rings is 1. The van der Waals surface area contributed by atoms with Crippen LogP contribution < -0.4 is 5.32 Å². The Kier molecular flexibility index (Phi) is 4.58. The Bertz CT molecular complexity index is 409. The van der Waals surface area contributed by atoms with Crippen LogP contribution in [0.25, 0.3) is 0 Å². The second kappa shape index (κ2) is 5.81. The molecular formula is C15H21Cl2N. The normalized spacial score (nSPS) is 23.8. The molecule has 1 nitrogen and oxygen atoms in total. The van der Waals surface area contributed by atoms with Crippen molar-refractivity contribution in [3.05, 3.63) is 33.8 Å². The van der Waals surface area contributed by atoms with Crippen molar-refractivity contribution in [2.24, 2.45) is 5.92 Å². The van der Waals surface area contributed by atoms with Gasteiger partial charge in [0.1, 0.15) is 0 Å². The maximum absolute atomic E-state index is 6.29. The molecule has 1 aromatic rings. The van der Waals surface area contributed by atoms with Gasteiger partial charge in [0, 0.05) is 15.6 Å². The van der Waals surface area contributed by atoms with Gasteiger partial charge in [0.2, 0.25) is 0 Å². The Morgan fingerprint density at radius 1 is 1.33 bits per heavy atom. The van der Waals surface area contributed by atoms with E-state index in [0.717, 1.165) is 18.0 Å². The molecule has 1 aromatic carbocycles. The number of halogens is 2. The molecule has 2 rings (SSSR count). The molecule has 1 aliphatic rings. The molecule has 0 spiro atoms. The largest absolute Gasteiger partial charge is 0.311 e. The third kappa shape index (κ3) is 3.40. The summed E-state index contributed by atoms with van der Waals surface area (Å²) in [5.41, 5.74) is 1.43. The molecule has 1 saturated heterocycles. The fourth-order valence-corrected chi connectivity index (χ4v) is 3.55. The molecule has 0 radical (unpaired) electrons. The molecule has 1 atom stereocenters. The van der Waals surface area contributed by atoms with E-state index in [1.807, 2.05) is 12.1 Å². The van der Waals surface area contributed by atoms with E-state index < -0.39 is 0 Å². The Morgan fingerprint density at radius 3 is 2.67 bits per heavy atom. The molecule has 1 heterocycles. The highest BCUT2D eigenvalue weighted by Gasteiger charge is 2.34. The minimum Gasteiger partial charge on any atom is -0.311 e. The van der Waals surface area contributed by atoms with E-state index in [0.29, 0.717) is 10.9 Å². The van der Waals surface area contributed by atoms with Gasteiger partial charge in [-0.25, -0.2) is 0 Å². The van der Waals surface area contributed by atoms with E-state index in [4.69, 9.17) is 23.2 Å². The second-order valence-electron chi connectivity index (χ2n) is 5.82. The Morgan fingerprint density at radius 2 is 2.11 bits per heavy atom. The van der Waals surface area contributed by atoms with Crippen LogP contribution >= 0.6 is 23.2 Å². The molecule has 0 aliphatic carbocycles. The first kappa shape index (κ1) is 14.2. The van der Waals surface area contributed by atoms with Gasteiger partial charge >= 0.3 is 0 Å². The summed E-state index contributed by atoms with van der Waals surface area (Å²) >= 11 is 12.2. The minimum absolute atomic E-state index is 0.228. The van der Waals surface area contributed by atoms with E-state index >= 15 is 0 Å². The Balaban J connectivity index is 2.18. The summed E-state index contributed by atoms with van der Waals surface area (Å²) in [5.74, 6) is 0.696. The molecular weight excluding hydrogens is 265 g/mol. The Labute approximate surface area is 120 Å². The SMILES string of the molecule is CC(C)CC1(Cc2ccc(Cl)cc2Cl)CCCN1. The minimum atomic E-state index is 0.228. The van der Waals surface area contributed by atoms with Crippen molar-refractivity contribution in [3.63, 3.8) is 0 Å². The maximum atomic E-state index is 6.29. The molecule has 1 fully saturated rings. The first-order chi connectivity index (χ1) is 8.51. The molecule has 1 unspecified atom stereocenters. The van der Waals surface area contributed by atoms with Gasteiger partial charge in [-0.3, -0.25) is 0 Å². The van der Waals surface area contributed by atoms with Crippen molar-refractivity contribution >= 4 is 23.2 Å². The molecule has 0 bridgehead atoms. The Hall–Kier alpha value is -0.240. The molecule has 1 aliphatic heterocycles. The van der Waals surface area contributed by atoms with Gasteiger partial charge in [-0.2, -0.15) is 0 Å². The quantitative estimate of drug-likeness (QED) is 0.845. The summed E-state index contributed by atoms with van der Waals surface area (Å²) in [4.78, 5) is 0. The summed E-state index contributed by atoms with van der Waals surface area (Å²) in [6, 6.07) is 5.84. The van der Waals surface area contributed by atoms with Crippen LogP contribution in [0.15, 0.2) is 18.2 Å². The summed E-state index contributed by atoms with van der Waals surface area (Å²) in [7, 11) is 0. The van der Waals surface area contributed by atoms with Gasteiger partial charge < -0.3 is 5.32 Å². The van der Waals surface area contributed by atoms with Crippen LogP contribution in [0.1, 0.15) is 38.7 Å². The van der Waals surface area contributed by atoms with E-state index in [1.54, 1.807) is 0 Å². The van der Waals surface area contributed by atoms with Crippen molar-refractivity contribution in [1.29, 1.82) is 0 Å². The fourth-order valence-electron chi connectivity index (χ4n) is 3.08. The zero-order valence-corrected chi connectivity index (χ0v) is 12.6. The van der Waals surface area contributed by atoms with Crippen LogP contribution in [0.5, 0.6) is 0 Å². The molecule has 0 amide bonds. The summed E-state index contributed by atoms with van der Waals surface area (Å²) in [6.45, 7) is 5.69. The van der Waals surface area contributed by atoms with Crippen molar-refractivity contribution in [1.82, 2.24) is 5.32 Å². The zero-order chi connectivity index (χ0) is 13.2. The van der Waals surface area contributed by atoms with Crippen molar-refractivity contribution in [2.45, 2.75) is 45.1 Å². The van der Waals surface area contributed by atoms with E-state index in [1.165, 1.54) is 24.8 Å². The lowest BCUT2D eigenvalue weighted by Crippen LogP contribution is -2.43. The molecule has 3 heteroatoms. The van der Waals surface area contributed by atoms with E-state index in [2.05, 4.69) is 25.2 Å². The van der Waals surface area contributed by atoms with Gasteiger partial charge in [-0.05, 0) is 55.8 Å². The van der Waals surface area contributed by atoms with Crippen molar-refractivity contribution in [2.75, 3.05) is 6.54 Å². The van der Waals surface area contributed by atoms with Crippen LogP contribution in [0.4, 0.5) is 0 Å². The highest BCUT2D eigenvalue weighted by atomic mass is 35.5. The van der Waals surface area contributed by atoms with Crippen LogP contribution in [0, 0.1) is 5.92 Å². The lowest BCUT2D eigenvalue weighted by molar-refractivity contribution is 0.301. The van der Waals surface area contributed by atoms with Gasteiger partial charge in [-0.15, -0.1) is 0 Å². The lowest BCUT2D eigenvalue weighted by atomic mass is 9.82. The fraction of sp³-hybridized carbons (Fsp3) is 0.600. The molecule has 100 valence electrons. The average Bonchev–Trinajstić information content (AvgIpc) is 2.70. The molecule has 18 heavy (non-hydrogen) atoms. The lowest BCUT2D eigenvalue weighted by Gasteiger charge is -2.32. The third-order valence-corrected chi connectivity index (χ3v) is 4.26. The van der Waals surface area contributed by atoms with Crippen molar-refractivity contribution in [3.8, 4) is 0 Å². The van der Waals surface area contributed by atoms with Crippen LogP contribution in [-0.2, 0) is 6.42 Å². The highest BCUT2D eigenvalue weighted by molar-refractivity contribution is 6.35. The van der Waals surface area contributed by atoms with Gasteiger partial charge in [0.25, 0.3) is 0 Å². The van der Waals surface area contributed by atoms with E-state index in [-0.39, 0.29) is 5.54 Å². The third-order valence-electron chi connectivity index (χ3n) is 3.68.